The Balaban J connectivity index is 2.10. The molecule has 0 unspecified atom stereocenters. The first-order valence-corrected chi connectivity index (χ1v) is 8.77. The molecular weight excluding hydrogens is 324 g/mol. The zero-order valence-corrected chi connectivity index (χ0v) is 14.2. The van der Waals surface area contributed by atoms with Gasteiger partial charge in [-0.25, -0.2) is 13.1 Å². The number of likely N-dealkylation sites (N-methyl/N-ethyl adjacent to an activating group) is 2. The normalized spacial score (nSPS) is 20.7. The van der Waals surface area contributed by atoms with Crippen LogP contribution in [0.1, 0.15) is 5.56 Å². The summed E-state index contributed by atoms with van der Waals surface area (Å²) in [4.78, 5) is 4.32. The Bertz CT molecular complexity index is 687. The molecule has 0 spiro atoms. The summed E-state index contributed by atoms with van der Waals surface area (Å²) in [7, 11) is 0.314. The van der Waals surface area contributed by atoms with Gasteiger partial charge < -0.3 is 4.90 Å². The summed E-state index contributed by atoms with van der Waals surface area (Å²) in [6, 6.07) is 6.21. The summed E-state index contributed by atoms with van der Waals surface area (Å²) in [5.74, 6) is 0. The highest BCUT2D eigenvalue weighted by molar-refractivity contribution is 7.89. The molecule has 1 heterocycles. The van der Waals surface area contributed by atoms with E-state index in [1.54, 1.807) is 0 Å². The fourth-order valence-electron chi connectivity index (χ4n) is 2.39. The van der Waals surface area contributed by atoms with E-state index in [1.165, 1.54) is 18.2 Å². The molecule has 22 heavy (non-hydrogen) atoms. The molecule has 1 N–H and O–H groups in total. The van der Waals surface area contributed by atoms with Gasteiger partial charge in [-0.15, -0.1) is 0 Å². The van der Waals surface area contributed by atoms with Gasteiger partial charge in [-0.1, -0.05) is 11.6 Å². The van der Waals surface area contributed by atoms with E-state index >= 15 is 0 Å². The van der Waals surface area contributed by atoms with Crippen molar-refractivity contribution in [1.29, 1.82) is 5.26 Å². The van der Waals surface area contributed by atoms with E-state index < -0.39 is 10.0 Å². The highest BCUT2D eigenvalue weighted by Crippen LogP contribution is 2.22. The summed E-state index contributed by atoms with van der Waals surface area (Å²) in [6.07, 6.45) is 0. The number of sulfonamides is 1. The Morgan fingerprint density at radius 3 is 2.77 bits per heavy atom. The van der Waals surface area contributed by atoms with Crippen LogP contribution in [0.5, 0.6) is 0 Å². The number of nitrogens with one attached hydrogen (secondary N) is 1. The molecule has 0 aromatic heterocycles. The summed E-state index contributed by atoms with van der Waals surface area (Å²) in [5.41, 5.74) is 0.331. The number of halogens is 1. The van der Waals surface area contributed by atoms with Gasteiger partial charge in [0.1, 0.15) is 4.90 Å². The van der Waals surface area contributed by atoms with Crippen LogP contribution in [0.25, 0.3) is 0 Å². The number of rotatable bonds is 4. The quantitative estimate of drug-likeness (QED) is 0.873. The van der Waals surface area contributed by atoms with Crippen molar-refractivity contribution in [2.45, 2.75) is 10.9 Å². The second kappa shape index (κ2) is 6.94. The molecule has 1 fully saturated rings. The van der Waals surface area contributed by atoms with Gasteiger partial charge in [-0.05, 0) is 32.3 Å². The summed E-state index contributed by atoms with van der Waals surface area (Å²) in [6.45, 7) is 3.00. The van der Waals surface area contributed by atoms with Crippen molar-refractivity contribution in [3.05, 3.63) is 28.8 Å². The van der Waals surface area contributed by atoms with Crippen molar-refractivity contribution in [3.63, 3.8) is 0 Å². The first-order valence-electron chi connectivity index (χ1n) is 6.91. The van der Waals surface area contributed by atoms with Crippen LogP contribution in [0.3, 0.4) is 0 Å². The minimum atomic E-state index is -3.69. The van der Waals surface area contributed by atoms with Gasteiger partial charge in [0.2, 0.25) is 10.0 Å². The second-order valence-electron chi connectivity index (χ2n) is 5.51. The maximum absolute atomic E-state index is 12.4. The highest BCUT2D eigenvalue weighted by atomic mass is 35.5. The van der Waals surface area contributed by atoms with Crippen LogP contribution in [-0.4, -0.2) is 64.5 Å². The number of hydrogen-bond acceptors (Lipinski definition) is 5. The summed E-state index contributed by atoms with van der Waals surface area (Å²) in [5, 5.41) is 8.86. The van der Waals surface area contributed by atoms with Crippen LogP contribution < -0.4 is 4.72 Å². The largest absolute Gasteiger partial charge is 0.303 e. The summed E-state index contributed by atoms with van der Waals surface area (Å²) >= 11 is 5.98. The minimum absolute atomic E-state index is 0.0000150. The maximum Gasteiger partial charge on any atom is 0.242 e. The molecule has 120 valence electrons. The van der Waals surface area contributed by atoms with Gasteiger partial charge >= 0.3 is 0 Å². The van der Waals surface area contributed by atoms with Crippen molar-refractivity contribution in [2.75, 3.05) is 40.3 Å². The lowest BCUT2D eigenvalue weighted by Crippen LogP contribution is -2.54. The first kappa shape index (κ1) is 17.2. The third-order valence-corrected chi connectivity index (χ3v) is 5.75. The van der Waals surface area contributed by atoms with E-state index in [2.05, 4.69) is 14.5 Å². The van der Waals surface area contributed by atoms with Crippen molar-refractivity contribution in [3.8, 4) is 6.07 Å². The molecule has 1 atom stereocenters. The minimum Gasteiger partial charge on any atom is -0.303 e. The van der Waals surface area contributed by atoms with E-state index in [-0.39, 0.29) is 16.0 Å². The van der Waals surface area contributed by atoms with Gasteiger partial charge in [-0.2, -0.15) is 5.26 Å². The van der Waals surface area contributed by atoms with E-state index in [0.29, 0.717) is 12.1 Å². The van der Waals surface area contributed by atoms with Gasteiger partial charge in [0.05, 0.1) is 16.7 Å². The zero-order valence-electron chi connectivity index (χ0n) is 12.6. The number of nitrogens with zero attached hydrogens (tertiary/aromatic N) is 3. The van der Waals surface area contributed by atoms with E-state index in [9.17, 15) is 8.42 Å². The molecule has 0 aliphatic carbocycles. The molecule has 1 aliphatic rings. The van der Waals surface area contributed by atoms with E-state index in [1.807, 2.05) is 20.2 Å². The molecule has 0 amide bonds. The monoisotopic (exact) mass is 342 g/mol. The molecule has 1 aliphatic heterocycles. The molecule has 0 bridgehead atoms. The number of hydrogen-bond donors (Lipinski definition) is 1. The Morgan fingerprint density at radius 2 is 2.14 bits per heavy atom. The van der Waals surface area contributed by atoms with Crippen LogP contribution in [0, 0.1) is 11.3 Å². The van der Waals surface area contributed by atoms with Gasteiger partial charge in [0.25, 0.3) is 0 Å². The Morgan fingerprint density at radius 1 is 1.41 bits per heavy atom. The highest BCUT2D eigenvalue weighted by Gasteiger charge is 2.25. The lowest BCUT2D eigenvalue weighted by atomic mass is 10.2. The molecule has 1 saturated heterocycles. The van der Waals surface area contributed by atoms with Crippen LogP contribution in [0.2, 0.25) is 5.02 Å². The Labute approximate surface area is 136 Å². The number of nitriles is 1. The maximum atomic E-state index is 12.4. The van der Waals surface area contributed by atoms with Crippen LogP contribution in [-0.2, 0) is 10.0 Å². The molecule has 6 nitrogen and oxygen atoms in total. The molecule has 0 radical (unpaired) electrons. The SMILES string of the molecule is CN1CCN(C)[C@@H](CNS(=O)(=O)c2ccc(C#N)cc2Cl)C1. The average Bonchev–Trinajstić information content (AvgIpc) is 2.47. The van der Waals surface area contributed by atoms with Crippen molar-refractivity contribution >= 4 is 21.6 Å². The van der Waals surface area contributed by atoms with E-state index in [4.69, 9.17) is 16.9 Å². The third-order valence-electron chi connectivity index (χ3n) is 3.84. The molecule has 1 aromatic carbocycles. The fourth-order valence-corrected chi connectivity index (χ4v) is 4.01. The van der Waals surface area contributed by atoms with Crippen molar-refractivity contribution in [1.82, 2.24) is 14.5 Å². The first-order chi connectivity index (χ1) is 10.3. The Hall–Kier alpha value is -1.17. The molecular formula is C14H19ClN4O2S. The van der Waals surface area contributed by atoms with Gasteiger partial charge in [-0.3, -0.25) is 4.90 Å². The smallest absolute Gasteiger partial charge is 0.242 e. The Kier molecular flexibility index (Phi) is 5.42. The third kappa shape index (κ3) is 3.97. The average molecular weight is 343 g/mol. The molecule has 1 aromatic rings. The fraction of sp³-hybridized carbons (Fsp3) is 0.500. The van der Waals surface area contributed by atoms with Crippen molar-refractivity contribution < 1.29 is 8.42 Å². The molecule has 8 heteroatoms. The predicted molar refractivity (Wildman–Crippen MR) is 85.3 cm³/mol. The van der Waals surface area contributed by atoms with Gasteiger partial charge in [0.15, 0.2) is 0 Å². The predicted octanol–water partition coefficient (Wildman–Crippen LogP) is 0.736. The molecule has 2 rings (SSSR count). The summed E-state index contributed by atoms with van der Waals surface area (Å²) < 4.78 is 27.4. The molecule has 0 saturated carbocycles. The number of piperazine rings is 1. The van der Waals surface area contributed by atoms with Crippen LogP contribution >= 0.6 is 11.6 Å². The van der Waals surface area contributed by atoms with Gasteiger partial charge in [0, 0.05) is 32.2 Å². The standard InChI is InChI=1S/C14H19ClN4O2S/c1-18-5-6-19(2)12(10-18)9-17-22(20,21)14-4-3-11(8-16)7-13(14)15/h3-4,7,12,17H,5-6,9-10H2,1-2H3/t12-/m0/s1. The lowest BCUT2D eigenvalue weighted by molar-refractivity contribution is 0.117. The second-order valence-corrected chi connectivity index (χ2v) is 7.65. The topological polar surface area (TPSA) is 76.4 Å². The van der Waals surface area contributed by atoms with Crippen LogP contribution in [0.4, 0.5) is 0 Å². The van der Waals surface area contributed by atoms with Crippen LogP contribution in [0.15, 0.2) is 23.1 Å². The number of benzene rings is 1. The van der Waals surface area contributed by atoms with Crippen molar-refractivity contribution in [2.24, 2.45) is 0 Å². The lowest BCUT2D eigenvalue weighted by Gasteiger charge is -2.37. The van der Waals surface area contributed by atoms with E-state index in [0.717, 1.165) is 19.6 Å². The zero-order chi connectivity index (χ0) is 16.3.